The van der Waals surface area contributed by atoms with E-state index in [0.717, 1.165) is 50.1 Å². The van der Waals surface area contributed by atoms with Gasteiger partial charge in [0.15, 0.2) is 22.4 Å². The van der Waals surface area contributed by atoms with Crippen molar-refractivity contribution in [2.75, 3.05) is 0 Å². The summed E-state index contributed by atoms with van der Waals surface area (Å²) in [5, 5.41) is 80.4. The minimum absolute atomic E-state index is 0.754. The predicted molar refractivity (Wildman–Crippen MR) is 377 cm³/mol. The van der Waals surface area contributed by atoms with E-state index in [1.165, 1.54) is 296 Å². The molecule has 0 aromatic heterocycles. The average molecular weight is 1200 g/mol. The molecule has 0 heterocycles. The topological polar surface area (TPSA) is 73.8 Å². The summed E-state index contributed by atoms with van der Waals surface area (Å²) in [6, 6.07) is 0. The number of rotatable bonds is 8. The molecule has 0 radical (unpaired) electrons. The van der Waals surface area contributed by atoms with Gasteiger partial charge in [-0.2, -0.15) is 0 Å². The molecule has 8 aliphatic rings. The molecule has 8 nitrogen and oxygen atoms in total. The third-order valence-electron chi connectivity index (χ3n) is 29.2. The fourth-order valence-electron chi connectivity index (χ4n) is 28.8. The summed E-state index contributed by atoms with van der Waals surface area (Å²) in [5.74, 6) is 0. The second-order valence-corrected chi connectivity index (χ2v) is 36.6. The smallest absolute Gasteiger partial charge is 0.196 e. The van der Waals surface area contributed by atoms with Crippen molar-refractivity contribution in [3.8, 4) is 0 Å². The monoisotopic (exact) mass is 1200 g/mol. The highest BCUT2D eigenvalue weighted by molar-refractivity contribution is 6.81. The third kappa shape index (κ3) is 2.60. The lowest BCUT2D eigenvalue weighted by Crippen LogP contribution is -2.64. The molecule has 29 aromatic rings. The standard InChI is InChI=1S/C86H36O8/c1-79(2,3)87-91-83-70-60-52-38-28-21-14-13-15-17-16(14)23-27-33-26(17)34-32-20(15)24-19-18(13)22-25(21)36(38)45-44-31(22)30(19)41-42-35(24)43-40(32)49-46(34)50-47(33)51-48-37(27)39(29(23)28)53(52)61(70)59(48)69-72-64(51)63(50)71-65(49)68-57(43)56(42)67-66-55(41)54(44)62(58(45)60)73(83)74(66)84(92-88-80(4,5)6)75(67)76(68)85(71,93-89-81(7,8)9)86(72,78(84)77(69)83)94-90-82(10,11)12/h1-12H3. The van der Waals surface area contributed by atoms with Crippen LogP contribution in [0, 0.1) is 0 Å². The Labute approximate surface area is 521 Å². The van der Waals surface area contributed by atoms with Crippen molar-refractivity contribution < 1.29 is 39.1 Å². The molecule has 0 aliphatic heterocycles. The molecule has 29 aromatic carbocycles. The van der Waals surface area contributed by atoms with Crippen LogP contribution in [0.25, 0.3) is 307 Å². The number of benzene rings is 20. The minimum Gasteiger partial charge on any atom is -0.230 e. The highest BCUT2D eigenvalue weighted by atomic mass is 17.2. The zero-order chi connectivity index (χ0) is 59.8. The van der Waals surface area contributed by atoms with Gasteiger partial charge >= 0.3 is 0 Å². The lowest BCUT2D eigenvalue weighted by atomic mass is 9.52. The molecule has 4 atom stereocenters. The van der Waals surface area contributed by atoms with Crippen molar-refractivity contribution >= 4 is 307 Å². The maximum atomic E-state index is 8.53. The molecule has 0 saturated heterocycles. The van der Waals surface area contributed by atoms with E-state index < -0.39 is 44.8 Å². The van der Waals surface area contributed by atoms with Gasteiger partial charge in [0.1, 0.15) is 0 Å². The van der Waals surface area contributed by atoms with Gasteiger partial charge in [-0.05, 0) is 390 Å². The van der Waals surface area contributed by atoms with Crippen molar-refractivity contribution in [2.24, 2.45) is 0 Å². The van der Waals surface area contributed by atoms with E-state index in [1.54, 1.807) is 10.8 Å². The second kappa shape index (κ2) is 9.67. The molecule has 8 heteroatoms. The SMILES string of the molecule is CC(C)(C)OOC12C3=C4c5c6c7c8c9c%10c%11c(c1c1c%12c2c2c%13c%14c%15c(c%16c5c5c7c7c8c8c%10c%10c%17c%11c1c1c%11c%12c%13c%12c%14c%13c%14c%15c%16c%15c5c5c7c7c8c%10c8c(c1%17)c1c%11c%12c%10c%13c%11c%14c%15c5c5c7c8c(c%101)c%115)C42OOC(C)(C)C)C9(OOC(C)(C)C)C36OOC(C)(C)C. The van der Waals surface area contributed by atoms with E-state index >= 15 is 0 Å². The van der Waals surface area contributed by atoms with E-state index in [-0.39, 0.29) is 0 Å². The van der Waals surface area contributed by atoms with Crippen LogP contribution in [0.15, 0.2) is 5.57 Å². The van der Waals surface area contributed by atoms with E-state index in [4.69, 9.17) is 39.1 Å². The zero-order valence-electron chi connectivity index (χ0n) is 52.3. The van der Waals surface area contributed by atoms with E-state index in [1.807, 2.05) is 0 Å². The van der Waals surface area contributed by atoms with Gasteiger partial charge in [-0.1, -0.05) is 0 Å². The molecular weight excluding hydrogens is 1160 g/mol. The Kier molecular flexibility index (Phi) is 4.29. The van der Waals surface area contributed by atoms with Gasteiger partial charge < -0.3 is 0 Å². The summed E-state index contributed by atoms with van der Waals surface area (Å²) in [7, 11) is 0. The van der Waals surface area contributed by atoms with Crippen LogP contribution in [0.5, 0.6) is 0 Å². The maximum Gasteiger partial charge on any atom is 0.196 e. The fourth-order valence-corrected chi connectivity index (χ4v) is 28.8. The van der Waals surface area contributed by atoms with Gasteiger partial charge in [-0.25, -0.2) is 39.1 Å². The van der Waals surface area contributed by atoms with Crippen molar-refractivity contribution in [3.05, 3.63) is 50.1 Å². The fraction of sp³-hybridized carbons (Fsp3) is 0.233. The number of hydrogen-bond acceptors (Lipinski definition) is 8. The molecule has 4 unspecified atom stereocenters. The predicted octanol–water partition coefficient (Wildman–Crippen LogP) is 22.5. The molecule has 8 aliphatic carbocycles. The molecular formula is C86H36O8. The first kappa shape index (κ1) is 41.7. The Bertz CT molecular complexity index is 8980. The molecule has 428 valence electrons. The Morgan fingerprint density at radius 1 is 0.170 bits per heavy atom. The third-order valence-corrected chi connectivity index (χ3v) is 29.2. The molecule has 0 spiro atoms. The highest BCUT2D eigenvalue weighted by Gasteiger charge is 2.85. The summed E-state index contributed by atoms with van der Waals surface area (Å²) in [6.07, 6.45) is 0. The summed E-state index contributed by atoms with van der Waals surface area (Å²) in [4.78, 5) is 64.1. The van der Waals surface area contributed by atoms with Crippen molar-refractivity contribution in [1.29, 1.82) is 0 Å². The van der Waals surface area contributed by atoms with Crippen LogP contribution in [-0.2, 0) is 61.5 Å². The molecule has 0 fully saturated rings. The van der Waals surface area contributed by atoms with Gasteiger partial charge in [0.2, 0.25) is 0 Å². The van der Waals surface area contributed by atoms with E-state index in [0.29, 0.717) is 0 Å². The minimum atomic E-state index is -1.68. The van der Waals surface area contributed by atoms with Crippen LogP contribution in [-0.4, -0.2) is 22.4 Å². The van der Waals surface area contributed by atoms with E-state index in [2.05, 4.69) is 83.1 Å². The van der Waals surface area contributed by atoms with Gasteiger partial charge in [-0.15, -0.1) is 0 Å². The van der Waals surface area contributed by atoms with Crippen LogP contribution < -0.4 is 0 Å². The van der Waals surface area contributed by atoms with Gasteiger partial charge in [0.05, 0.1) is 22.4 Å². The zero-order valence-corrected chi connectivity index (χ0v) is 52.3. The van der Waals surface area contributed by atoms with Crippen LogP contribution in [0.4, 0.5) is 0 Å². The van der Waals surface area contributed by atoms with Gasteiger partial charge in [0.25, 0.3) is 0 Å². The largest absolute Gasteiger partial charge is 0.230 e. The second-order valence-electron chi connectivity index (χ2n) is 36.6. The average Bonchev–Trinajstić information content (AvgIpc) is 1.38. The van der Waals surface area contributed by atoms with Crippen molar-refractivity contribution in [1.82, 2.24) is 0 Å². The lowest BCUT2D eigenvalue weighted by Gasteiger charge is -2.59. The maximum absolute atomic E-state index is 8.53. The van der Waals surface area contributed by atoms with Crippen LogP contribution in [0.3, 0.4) is 0 Å². The summed E-state index contributed by atoms with van der Waals surface area (Å²) in [5.41, 5.74) is 1.70. The van der Waals surface area contributed by atoms with Crippen molar-refractivity contribution in [3.63, 3.8) is 0 Å². The lowest BCUT2D eigenvalue weighted by molar-refractivity contribution is -0.487. The van der Waals surface area contributed by atoms with E-state index in [9.17, 15) is 0 Å². The van der Waals surface area contributed by atoms with Crippen LogP contribution in [0.2, 0.25) is 0 Å². The Morgan fingerprint density at radius 3 is 0.713 bits per heavy atom. The first-order valence-electron chi connectivity index (χ1n) is 34.5. The molecule has 0 N–H and O–H groups in total. The van der Waals surface area contributed by atoms with Crippen LogP contribution >= 0.6 is 0 Å². The first-order valence-corrected chi connectivity index (χ1v) is 34.5. The normalized spacial score (nSPS) is 24.6. The summed E-state index contributed by atoms with van der Waals surface area (Å²) in [6.45, 7) is 25.8. The first-order chi connectivity index (χ1) is 45.3. The Balaban J connectivity index is 1.04. The summed E-state index contributed by atoms with van der Waals surface area (Å²) < 4.78 is 0. The molecule has 0 amide bonds. The molecule has 0 bridgehead atoms. The molecule has 37 rings (SSSR count). The molecule has 94 heavy (non-hydrogen) atoms. The van der Waals surface area contributed by atoms with Crippen molar-refractivity contribution in [2.45, 2.75) is 128 Å². The van der Waals surface area contributed by atoms with Gasteiger partial charge in [0, 0.05) is 50.1 Å². The van der Waals surface area contributed by atoms with Gasteiger partial charge in [-0.3, -0.25) is 0 Å². The highest BCUT2D eigenvalue weighted by Crippen LogP contribution is 2.90. The Morgan fingerprint density at radius 2 is 0.372 bits per heavy atom. The Hall–Kier alpha value is -8.90. The quantitative estimate of drug-likeness (QED) is 0.0645. The van der Waals surface area contributed by atoms with Crippen LogP contribution in [0.1, 0.15) is 128 Å². The molecule has 0 saturated carbocycles. The summed E-state index contributed by atoms with van der Waals surface area (Å²) >= 11 is 0. The number of hydrogen-bond donors (Lipinski definition) is 0.